The van der Waals surface area contributed by atoms with Crippen molar-refractivity contribution in [2.45, 2.75) is 25.9 Å². The molecule has 0 saturated carbocycles. The predicted octanol–water partition coefficient (Wildman–Crippen LogP) is 0.313. The van der Waals surface area contributed by atoms with Crippen LogP contribution in [0.25, 0.3) is 0 Å². The summed E-state index contributed by atoms with van der Waals surface area (Å²) in [5.41, 5.74) is 0. The second-order valence-corrected chi connectivity index (χ2v) is 3.67. The number of aliphatic hydroxyl groups excluding tert-OH is 1. The molecule has 0 aromatic rings. The molecule has 1 rings (SSSR count). The number of likely N-dealkylation sites (tertiary alicyclic amines) is 1. The Balaban J connectivity index is 2.26. The summed E-state index contributed by atoms with van der Waals surface area (Å²) in [6, 6.07) is 0. The molecule has 1 heterocycles. The highest BCUT2D eigenvalue weighted by Crippen LogP contribution is 2.19. The van der Waals surface area contributed by atoms with E-state index >= 15 is 0 Å². The van der Waals surface area contributed by atoms with Gasteiger partial charge in [-0.1, -0.05) is 0 Å². The molecule has 1 saturated heterocycles. The van der Waals surface area contributed by atoms with Crippen LogP contribution in [0.2, 0.25) is 0 Å². The average molecular weight is 188 g/mol. The van der Waals surface area contributed by atoms with Crippen LogP contribution in [0.4, 0.5) is 0 Å². The summed E-state index contributed by atoms with van der Waals surface area (Å²) in [5.74, 6) is 0.322. The summed E-state index contributed by atoms with van der Waals surface area (Å²) in [7, 11) is 0. The number of nitro groups is 1. The highest BCUT2D eigenvalue weighted by molar-refractivity contribution is 4.73. The highest BCUT2D eigenvalue weighted by atomic mass is 16.6. The number of hydrogen-bond acceptors (Lipinski definition) is 4. The van der Waals surface area contributed by atoms with E-state index in [-0.39, 0.29) is 17.7 Å². The lowest BCUT2D eigenvalue weighted by atomic mass is 9.92. The Morgan fingerprint density at radius 2 is 2.15 bits per heavy atom. The van der Waals surface area contributed by atoms with Gasteiger partial charge in [0.15, 0.2) is 0 Å². The molecule has 0 aliphatic carbocycles. The Morgan fingerprint density at radius 3 is 2.54 bits per heavy atom. The lowest BCUT2D eigenvalue weighted by Crippen LogP contribution is -2.39. The van der Waals surface area contributed by atoms with Crippen LogP contribution in [0.5, 0.6) is 0 Å². The highest BCUT2D eigenvalue weighted by Gasteiger charge is 2.24. The van der Waals surface area contributed by atoms with Gasteiger partial charge in [-0.25, -0.2) is 4.90 Å². The smallest absolute Gasteiger partial charge is 0.259 e. The van der Waals surface area contributed by atoms with E-state index in [0.29, 0.717) is 5.92 Å². The maximum atomic E-state index is 10.2. The molecule has 0 aromatic heterocycles. The molecule has 76 valence electrons. The minimum absolute atomic E-state index is 0.0630. The Labute approximate surface area is 77.5 Å². The first kappa shape index (κ1) is 10.4. The van der Waals surface area contributed by atoms with Crippen LogP contribution < -0.4 is 0 Å². The molecule has 5 nitrogen and oxygen atoms in total. The van der Waals surface area contributed by atoms with Gasteiger partial charge in [0.2, 0.25) is 0 Å². The van der Waals surface area contributed by atoms with Crippen LogP contribution in [-0.4, -0.2) is 40.8 Å². The predicted molar refractivity (Wildman–Crippen MR) is 47.8 cm³/mol. The standard InChI is InChI=1S/C8H16N2O3/c1-7(11)8-2-4-9(5-3-8)6-10(12)13/h7-8,11H,2-6H2,1H3. The van der Waals surface area contributed by atoms with Gasteiger partial charge < -0.3 is 5.11 Å². The second-order valence-electron chi connectivity index (χ2n) is 3.67. The monoisotopic (exact) mass is 188 g/mol. The number of aliphatic hydroxyl groups is 1. The molecule has 0 radical (unpaired) electrons. The summed E-state index contributed by atoms with van der Waals surface area (Å²) in [5, 5.41) is 19.5. The van der Waals surface area contributed by atoms with Crippen molar-refractivity contribution in [3.8, 4) is 0 Å². The molecule has 1 fully saturated rings. The molecule has 1 aliphatic rings. The zero-order chi connectivity index (χ0) is 9.84. The number of hydrogen-bond donors (Lipinski definition) is 1. The second kappa shape index (κ2) is 4.53. The Kier molecular flexibility index (Phi) is 3.62. The van der Waals surface area contributed by atoms with Crippen molar-refractivity contribution in [3.63, 3.8) is 0 Å². The fourth-order valence-electron chi connectivity index (χ4n) is 1.74. The lowest BCUT2D eigenvalue weighted by molar-refractivity contribution is -0.505. The number of rotatable bonds is 3. The van der Waals surface area contributed by atoms with E-state index in [1.165, 1.54) is 0 Å². The quantitative estimate of drug-likeness (QED) is 0.511. The van der Waals surface area contributed by atoms with Gasteiger partial charge >= 0.3 is 0 Å². The van der Waals surface area contributed by atoms with Crippen molar-refractivity contribution in [1.82, 2.24) is 4.90 Å². The summed E-state index contributed by atoms with van der Waals surface area (Å²) >= 11 is 0. The van der Waals surface area contributed by atoms with E-state index in [0.717, 1.165) is 25.9 Å². The van der Waals surface area contributed by atoms with Crippen molar-refractivity contribution in [3.05, 3.63) is 10.1 Å². The molecule has 0 spiro atoms. The third-order valence-electron chi connectivity index (χ3n) is 2.63. The van der Waals surface area contributed by atoms with E-state index in [1.807, 2.05) is 4.90 Å². The van der Waals surface area contributed by atoms with E-state index in [1.54, 1.807) is 6.92 Å². The van der Waals surface area contributed by atoms with Crippen LogP contribution in [-0.2, 0) is 0 Å². The summed E-state index contributed by atoms with van der Waals surface area (Å²) < 4.78 is 0. The molecule has 1 N–H and O–H groups in total. The van der Waals surface area contributed by atoms with Crippen LogP contribution in [0.15, 0.2) is 0 Å². The SMILES string of the molecule is CC(O)C1CCN(C[N+](=O)[O-])CC1. The van der Waals surface area contributed by atoms with Crippen molar-refractivity contribution in [2.75, 3.05) is 19.8 Å². The Bertz CT molecular complexity index is 176. The van der Waals surface area contributed by atoms with Crippen LogP contribution in [0.1, 0.15) is 19.8 Å². The maximum Gasteiger partial charge on any atom is 0.259 e. The lowest BCUT2D eigenvalue weighted by Gasteiger charge is -2.30. The molecule has 5 heteroatoms. The van der Waals surface area contributed by atoms with E-state index < -0.39 is 0 Å². The molecule has 0 amide bonds. The van der Waals surface area contributed by atoms with E-state index in [9.17, 15) is 15.2 Å². The molecule has 1 unspecified atom stereocenters. The first-order valence-electron chi connectivity index (χ1n) is 4.62. The van der Waals surface area contributed by atoms with E-state index in [2.05, 4.69) is 0 Å². The third kappa shape index (κ3) is 3.28. The van der Waals surface area contributed by atoms with Gasteiger partial charge in [-0.05, 0) is 25.7 Å². The topological polar surface area (TPSA) is 66.6 Å². The summed E-state index contributed by atoms with van der Waals surface area (Å²) in [4.78, 5) is 11.7. The molecule has 0 aromatic carbocycles. The van der Waals surface area contributed by atoms with Gasteiger partial charge in [0.1, 0.15) is 0 Å². The molecular weight excluding hydrogens is 172 g/mol. The maximum absolute atomic E-state index is 10.2. The zero-order valence-corrected chi connectivity index (χ0v) is 7.85. The minimum atomic E-state index is -0.303. The van der Waals surface area contributed by atoms with Gasteiger partial charge in [-0.15, -0.1) is 0 Å². The van der Waals surface area contributed by atoms with Gasteiger partial charge in [0.05, 0.1) is 6.10 Å². The summed E-state index contributed by atoms with van der Waals surface area (Å²) in [6.07, 6.45) is 1.45. The van der Waals surface area contributed by atoms with Crippen molar-refractivity contribution >= 4 is 0 Å². The van der Waals surface area contributed by atoms with Crippen LogP contribution >= 0.6 is 0 Å². The van der Waals surface area contributed by atoms with Crippen molar-refractivity contribution < 1.29 is 10.0 Å². The Morgan fingerprint density at radius 1 is 1.62 bits per heavy atom. The third-order valence-corrected chi connectivity index (χ3v) is 2.63. The molecule has 1 aliphatic heterocycles. The minimum Gasteiger partial charge on any atom is -0.393 e. The van der Waals surface area contributed by atoms with Crippen molar-refractivity contribution in [1.29, 1.82) is 0 Å². The first-order valence-corrected chi connectivity index (χ1v) is 4.62. The summed E-state index contributed by atoms with van der Waals surface area (Å²) in [6.45, 7) is 3.19. The normalized spacial score (nSPS) is 22.9. The zero-order valence-electron chi connectivity index (χ0n) is 7.85. The molecule has 1 atom stereocenters. The fraction of sp³-hybridized carbons (Fsp3) is 1.00. The molecular formula is C8H16N2O3. The van der Waals surface area contributed by atoms with E-state index in [4.69, 9.17) is 0 Å². The fourth-order valence-corrected chi connectivity index (χ4v) is 1.74. The van der Waals surface area contributed by atoms with Crippen LogP contribution in [0.3, 0.4) is 0 Å². The van der Waals surface area contributed by atoms with Gasteiger partial charge in [-0.2, -0.15) is 0 Å². The molecule has 13 heavy (non-hydrogen) atoms. The first-order chi connectivity index (χ1) is 6.09. The van der Waals surface area contributed by atoms with Crippen molar-refractivity contribution in [2.24, 2.45) is 5.92 Å². The average Bonchev–Trinajstić information content (AvgIpc) is 2.04. The van der Waals surface area contributed by atoms with Gasteiger partial charge in [-0.3, -0.25) is 10.1 Å². The number of nitrogens with zero attached hydrogens (tertiary/aromatic N) is 2. The number of piperidine rings is 1. The largest absolute Gasteiger partial charge is 0.393 e. The Hall–Kier alpha value is -0.680. The van der Waals surface area contributed by atoms with Gasteiger partial charge in [0.25, 0.3) is 6.67 Å². The van der Waals surface area contributed by atoms with Gasteiger partial charge in [0, 0.05) is 18.0 Å². The molecule has 0 bridgehead atoms. The van der Waals surface area contributed by atoms with Crippen LogP contribution in [0, 0.1) is 16.0 Å².